The van der Waals surface area contributed by atoms with Crippen molar-refractivity contribution < 1.29 is 14.3 Å². The molecule has 3 aliphatic rings. The second-order valence-electron chi connectivity index (χ2n) is 7.78. The van der Waals surface area contributed by atoms with E-state index in [0.717, 1.165) is 12.2 Å². The maximum Gasteiger partial charge on any atom is 0.251 e. The zero-order valence-corrected chi connectivity index (χ0v) is 14.9. The maximum absolute atomic E-state index is 12.4. The summed E-state index contributed by atoms with van der Waals surface area (Å²) in [5.41, 5.74) is 0.644. The van der Waals surface area contributed by atoms with Gasteiger partial charge in [0.2, 0.25) is 5.91 Å². The minimum absolute atomic E-state index is 0.0540. The summed E-state index contributed by atoms with van der Waals surface area (Å²) in [7, 11) is 1.61. The number of nitrogens with zero attached hydrogens (tertiary/aromatic N) is 1. The van der Waals surface area contributed by atoms with Crippen LogP contribution in [0.5, 0.6) is 5.75 Å². The first-order valence-corrected chi connectivity index (χ1v) is 9.32. The first kappa shape index (κ1) is 16.4. The van der Waals surface area contributed by atoms with Crippen LogP contribution in [-0.2, 0) is 4.79 Å². The zero-order chi connectivity index (χ0) is 17.6. The summed E-state index contributed by atoms with van der Waals surface area (Å²) in [6, 6.07) is 8.06. The lowest BCUT2D eigenvalue weighted by molar-refractivity contribution is -0.129. The van der Waals surface area contributed by atoms with Gasteiger partial charge in [-0.15, -0.1) is 0 Å². The molecule has 5 heteroatoms. The molecule has 1 N–H and O–H groups in total. The molecule has 3 fully saturated rings. The van der Waals surface area contributed by atoms with E-state index < -0.39 is 0 Å². The summed E-state index contributed by atoms with van der Waals surface area (Å²) in [4.78, 5) is 27.0. The van der Waals surface area contributed by atoms with Gasteiger partial charge in [0.25, 0.3) is 5.91 Å². The molecule has 5 nitrogen and oxygen atoms in total. The number of carbonyl (C=O) groups excluding carboxylic acids is 2. The molecule has 0 aromatic heterocycles. The lowest BCUT2D eigenvalue weighted by Gasteiger charge is -2.24. The molecule has 0 bridgehead atoms. The van der Waals surface area contributed by atoms with E-state index in [2.05, 4.69) is 17.1 Å². The highest BCUT2D eigenvalue weighted by Gasteiger charge is 2.53. The molecule has 2 amide bonds. The predicted octanol–water partition coefficient (Wildman–Crippen LogP) is 2.46. The van der Waals surface area contributed by atoms with Crippen LogP contribution in [0.15, 0.2) is 24.3 Å². The number of fused-ring (bicyclic) bond motifs is 1. The Balaban J connectivity index is 1.38. The van der Waals surface area contributed by atoms with Crippen molar-refractivity contribution in [1.29, 1.82) is 0 Å². The lowest BCUT2D eigenvalue weighted by Crippen LogP contribution is -2.36. The molecule has 0 radical (unpaired) electrons. The highest BCUT2D eigenvalue weighted by Crippen LogP contribution is 2.49. The molecule has 1 heterocycles. The molecule has 0 spiro atoms. The van der Waals surface area contributed by atoms with Gasteiger partial charge < -0.3 is 15.0 Å². The molecule has 25 heavy (non-hydrogen) atoms. The number of ether oxygens (including phenoxy) is 1. The minimum atomic E-state index is -0.0540. The lowest BCUT2D eigenvalue weighted by atomic mass is 9.88. The van der Waals surface area contributed by atoms with Crippen LogP contribution >= 0.6 is 0 Å². The third-order valence-corrected chi connectivity index (χ3v) is 6.23. The number of methoxy groups -OCH3 is 1. The van der Waals surface area contributed by atoms with Crippen LogP contribution in [0.4, 0.5) is 0 Å². The molecule has 2 aliphatic carbocycles. The van der Waals surface area contributed by atoms with Crippen molar-refractivity contribution in [3.8, 4) is 5.75 Å². The summed E-state index contributed by atoms with van der Waals surface area (Å²) in [5.74, 6) is 2.35. The van der Waals surface area contributed by atoms with Crippen LogP contribution in [0.25, 0.3) is 0 Å². The van der Waals surface area contributed by atoms with Crippen molar-refractivity contribution in [2.24, 2.45) is 17.8 Å². The fourth-order valence-electron chi connectivity index (χ4n) is 4.77. The number of amides is 2. The summed E-state index contributed by atoms with van der Waals surface area (Å²) in [6.45, 7) is 2.91. The van der Waals surface area contributed by atoms with Crippen LogP contribution < -0.4 is 10.1 Å². The van der Waals surface area contributed by atoms with Gasteiger partial charge in [-0.05, 0) is 61.3 Å². The van der Waals surface area contributed by atoms with E-state index in [4.69, 9.17) is 4.74 Å². The summed E-state index contributed by atoms with van der Waals surface area (Å²) in [6.07, 6.45) is 4.08. The number of rotatable bonds is 5. The molecular formula is C20H26N2O3. The van der Waals surface area contributed by atoms with Crippen molar-refractivity contribution in [3.05, 3.63) is 29.8 Å². The Bertz CT molecular complexity index is 668. The van der Waals surface area contributed by atoms with Crippen molar-refractivity contribution in [2.45, 2.75) is 44.7 Å². The quantitative estimate of drug-likeness (QED) is 0.894. The Hall–Kier alpha value is -2.04. The predicted molar refractivity (Wildman–Crippen MR) is 94.4 cm³/mol. The standard InChI is InChI=1S/C20H26N2O3/c1-12-9-18-16(10-19(23)22(18)14-5-6-14)17(12)11-21-20(24)13-3-7-15(25-2)8-4-13/h3-4,7-8,12,14,16-18H,5-6,9-11H2,1-2H3,(H,21,24)/t12-,16-,17+,18+/m0/s1. The van der Waals surface area contributed by atoms with Crippen LogP contribution in [0.2, 0.25) is 0 Å². The molecule has 4 atom stereocenters. The Kier molecular flexibility index (Phi) is 4.18. The number of hydrogen-bond acceptors (Lipinski definition) is 3. The zero-order valence-electron chi connectivity index (χ0n) is 14.9. The smallest absolute Gasteiger partial charge is 0.251 e. The van der Waals surface area contributed by atoms with Gasteiger partial charge in [0, 0.05) is 30.6 Å². The van der Waals surface area contributed by atoms with Gasteiger partial charge >= 0.3 is 0 Å². The fraction of sp³-hybridized carbons (Fsp3) is 0.600. The number of likely N-dealkylation sites (tertiary alicyclic amines) is 1. The van der Waals surface area contributed by atoms with E-state index in [1.165, 1.54) is 12.8 Å². The first-order chi connectivity index (χ1) is 12.1. The van der Waals surface area contributed by atoms with Crippen LogP contribution in [-0.4, -0.2) is 42.5 Å². The van der Waals surface area contributed by atoms with Crippen molar-refractivity contribution in [3.63, 3.8) is 0 Å². The normalized spacial score (nSPS) is 31.1. The van der Waals surface area contributed by atoms with Crippen LogP contribution in [0.3, 0.4) is 0 Å². The Morgan fingerprint density at radius 2 is 2.00 bits per heavy atom. The van der Waals surface area contributed by atoms with E-state index in [1.807, 2.05) is 0 Å². The summed E-state index contributed by atoms with van der Waals surface area (Å²) >= 11 is 0. The van der Waals surface area contributed by atoms with Gasteiger partial charge in [0.15, 0.2) is 0 Å². The highest BCUT2D eigenvalue weighted by molar-refractivity contribution is 5.94. The van der Waals surface area contributed by atoms with E-state index >= 15 is 0 Å². The Labute approximate surface area is 148 Å². The molecule has 2 saturated carbocycles. The molecule has 1 aliphatic heterocycles. The monoisotopic (exact) mass is 342 g/mol. The Morgan fingerprint density at radius 1 is 1.28 bits per heavy atom. The van der Waals surface area contributed by atoms with E-state index in [-0.39, 0.29) is 5.91 Å². The number of benzene rings is 1. The average Bonchev–Trinajstić information content (AvgIpc) is 3.33. The Morgan fingerprint density at radius 3 is 2.64 bits per heavy atom. The van der Waals surface area contributed by atoms with Crippen molar-refractivity contribution in [1.82, 2.24) is 10.2 Å². The molecule has 134 valence electrons. The molecule has 1 saturated heterocycles. The van der Waals surface area contributed by atoms with Crippen LogP contribution in [0.1, 0.15) is 43.0 Å². The molecule has 1 aromatic rings. The fourth-order valence-corrected chi connectivity index (χ4v) is 4.77. The largest absolute Gasteiger partial charge is 0.497 e. The first-order valence-electron chi connectivity index (χ1n) is 9.32. The van der Waals surface area contributed by atoms with Gasteiger partial charge in [-0.3, -0.25) is 9.59 Å². The molecule has 4 rings (SSSR count). The molecular weight excluding hydrogens is 316 g/mol. The van der Waals surface area contributed by atoms with E-state index in [0.29, 0.717) is 54.3 Å². The van der Waals surface area contributed by atoms with Gasteiger partial charge in [0.05, 0.1) is 7.11 Å². The van der Waals surface area contributed by atoms with E-state index in [9.17, 15) is 9.59 Å². The van der Waals surface area contributed by atoms with Gasteiger partial charge in [-0.25, -0.2) is 0 Å². The highest BCUT2D eigenvalue weighted by atomic mass is 16.5. The van der Waals surface area contributed by atoms with Crippen molar-refractivity contribution >= 4 is 11.8 Å². The van der Waals surface area contributed by atoms with Gasteiger partial charge in [0.1, 0.15) is 5.75 Å². The van der Waals surface area contributed by atoms with Crippen LogP contribution in [0, 0.1) is 17.8 Å². The number of hydrogen-bond donors (Lipinski definition) is 1. The topological polar surface area (TPSA) is 58.6 Å². The molecule has 1 aromatic carbocycles. The molecule has 0 unspecified atom stereocenters. The van der Waals surface area contributed by atoms with Crippen molar-refractivity contribution in [2.75, 3.05) is 13.7 Å². The number of nitrogens with one attached hydrogen (secondary N) is 1. The third-order valence-electron chi connectivity index (χ3n) is 6.23. The van der Waals surface area contributed by atoms with E-state index in [1.54, 1.807) is 31.4 Å². The van der Waals surface area contributed by atoms with Gasteiger partial charge in [-0.2, -0.15) is 0 Å². The summed E-state index contributed by atoms with van der Waals surface area (Å²) < 4.78 is 5.13. The second kappa shape index (κ2) is 6.36. The third kappa shape index (κ3) is 3.00. The summed E-state index contributed by atoms with van der Waals surface area (Å²) in [5, 5.41) is 3.09. The van der Waals surface area contributed by atoms with Gasteiger partial charge in [-0.1, -0.05) is 6.92 Å². The number of carbonyl (C=O) groups is 2. The average molecular weight is 342 g/mol. The minimum Gasteiger partial charge on any atom is -0.497 e. The second-order valence-corrected chi connectivity index (χ2v) is 7.78. The maximum atomic E-state index is 12.4. The SMILES string of the molecule is COc1ccc(C(=O)NC[C@H]2[C@@H]3CC(=O)N(C4CC4)[C@@H]3C[C@@H]2C)cc1.